The lowest BCUT2D eigenvalue weighted by Gasteiger charge is -2.45. The molecule has 44 heavy (non-hydrogen) atoms. The van der Waals surface area contributed by atoms with Crippen molar-refractivity contribution in [1.82, 2.24) is 9.97 Å². The molecule has 1 saturated carbocycles. The van der Waals surface area contributed by atoms with Crippen molar-refractivity contribution in [2.75, 3.05) is 11.9 Å². The molecular formula is C34H57N3O5Si2. The summed E-state index contributed by atoms with van der Waals surface area (Å²) in [6.45, 7) is 31.6. The highest BCUT2D eigenvalue weighted by atomic mass is 28.4. The van der Waals surface area contributed by atoms with Crippen molar-refractivity contribution in [1.29, 1.82) is 0 Å². The topological polar surface area (TPSA) is 107 Å². The lowest BCUT2D eigenvalue weighted by molar-refractivity contribution is 0.0971. The Morgan fingerprint density at radius 2 is 1.75 bits per heavy atom. The summed E-state index contributed by atoms with van der Waals surface area (Å²) in [5.41, 5.74) is 2.81. The van der Waals surface area contributed by atoms with Crippen molar-refractivity contribution >= 4 is 28.2 Å². The van der Waals surface area contributed by atoms with Crippen molar-refractivity contribution in [2.24, 2.45) is 5.92 Å². The Morgan fingerprint density at radius 3 is 2.30 bits per heavy atom. The number of hydrogen-bond donors (Lipinski definition) is 2. The molecule has 0 amide bonds. The molecule has 0 aromatic carbocycles. The minimum atomic E-state index is -2.15. The van der Waals surface area contributed by atoms with Crippen LogP contribution in [0.4, 0.5) is 5.82 Å². The fourth-order valence-electron chi connectivity index (χ4n) is 6.56. The smallest absolute Gasteiger partial charge is 0.233 e. The molecule has 0 unspecified atom stereocenters. The summed E-state index contributed by atoms with van der Waals surface area (Å²) in [6.07, 6.45) is 5.17. The van der Waals surface area contributed by atoms with E-state index in [4.69, 9.17) is 13.3 Å². The summed E-state index contributed by atoms with van der Waals surface area (Å²) in [5, 5.41) is 14.1. The zero-order valence-corrected chi connectivity index (χ0v) is 31.2. The average molecular weight is 644 g/mol. The molecule has 0 spiro atoms. The summed E-state index contributed by atoms with van der Waals surface area (Å²) >= 11 is 0. The molecule has 0 bridgehead atoms. The van der Waals surface area contributed by atoms with Crippen LogP contribution in [0, 0.1) is 5.92 Å². The van der Waals surface area contributed by atoms with Gasteiger partial charge in [-0.2, -0.15) is 0 Å². The van der Waals surface area contributed by atoms with Crippen LogP contribution in [-0.4, -0.2) is 56.2 Å². The van der Waals surface area contributed by atoms with Crippen LogP contribution in [0.5, 0.6) is 0 Å². The molecule has 2 aromatic heterocycles. The Labute approximate surface area is 267 Å². The number of ketones is 1. The second-order valence-electron chi connectivity index (χ2n) is 15.2. The minimum Gasteiger partial charge on any atom is -0.460 e. The summed E-state index contributed by atoms with van der Waals surface area (Å²) in [4.78, 5) is 22.2. The Balaban J connectivity index is 1.90. The SMILES string of the molecule is C=C(C)[C@@H](O)c1coc(C(=O)c2cncnc2N[C@@H]2C[C@H](CO[Si](C)(C)C(C)(C)C)[C@@H](O[Si](C(C)C)(C(C)C)C(C)C)C2)c1. The molecule has 4 atom stereocenters. The number of nitrogens with zero attached hydrogens (tertiary/aromatic N) is 2. The monoisotopic (exact) mass is 643 g/mol. The number of rotatable bonds is 14. The van der Waals surface area contributed by atoms with Crippen LogP contribution in [0.2, 0.25) is 34.8 Å². The number of aliphatic hydroxyl groups excluding tert-OH is 1. The first-order valence-corrected chi connectivity index (χ1v) is 21.2. The fourth-order valence-corrected chi connectivity index (χ4v) is 13.3. The molecule has 2 N–H and O–H groups in total. The quantitative estimate of drug-likeness (QED) is 0.120. The summed E-state index contributed by atoms with van der Waals surface area (Å²) in [7, 11) is -4.11. The van der Waals surface area contributed by atoms with Crippen molar-refractivity contribution in [3.8, 4) is 0 Å². The van der Waals surface area contributed by atoms with Gasteiger partial charge in [0, 0.05) is 30.3 Å². The van der Waals surface area contributed by atoms with Gasteiger partial charge in [0.1, 0.15) is 18.2 Å². The Kier molecular flexibility index (Phi) is 11.7. The highest BCUT2D eigenvalue weighted by Gasteiger charge is 2.50. The van der Waals surface area contributed by atoms with Gasteiger partial charge in [0.2, 0.25) is 14.1 Å². The molecule has 8 nitrogen and oxygen atoms in total. The second kappa shape index (κ2) is 14.1. The van der Waals surface area contributed by atoms with E-state index >= 15 is 0 Å². The van der Waals surface area contributed by atoms with Gasteiger partial charge in [0.05, 0.1) is 17.9 Å². The predicted octanol–water partition coefficient (Wildman–Crippen LogP) is 8.68. The fraction of sp³-hybridized carbons (Fsp3) is 0.676. The van der Waals surface area contributed by atoms with Gasteiger partial charge in [-0.25, -0.2) is 9.97 Å². The maximum atomic E-state index is 13.5. The number of furan rings is 1. The number of aromatic nitrogens is 2. The molecule has 1 aliphatic rings. The van der Waals surface area contributed by atoms with E-state index in [0.29, 0.717) is 45.7 Å². The highest BCUT2D eigenvalue weighted by molar-refractivity contribution is 6.77. The van der Waals surface area contributed by atoms with Crippen LogP contribution in [0.3, 0.4) is 0 Å². The zero-order valence-electron chi connectivity index (χ0n) is 29.2. The summed E-state index contributed by atoms with van der Waals surface area (Å²) in [5.74, 6) is 0.468. The molecule has 3 rings (SSSR count). The van der Waals surface area contributed by atoms with Crippen LogP contribution in [0.15, 0.2) is 41.4 Å². The van der Waals surface area contributed by atoms with Crippen LogP contribution in [-0.2, 0) is 8.85 Å². The lowest BCUT2D eigenvalue weighted by Crippen LogP contribution is -2.51. The molecule has 0 aliphatic heterocycles. The van der Waals surface area contributed by atoms with Gasteiger partial charge in [0.25, 0.3) is 0 Å². The normalized spacial score (nSPS) is 20.5. The molecule has 1 aliphatic carbocycles. The van der Waals surface area contributed by atoms with E-state index in [0.717, 1.165) is 12.8 Å². The predicted molar refractivity (Wildman–Crippen MR) is 183 cm³/mol. The van der Waals surface area contributed by atoms with E-state index in [1.807, 2.05) is 0 Å². The first kappa shape index (κ1) is 36.4. The number of hydrogen-bond acceptors (Lipinski definition) is 8. The summed E-state index contributed by atoms with van der Waals surface area (Å²) in [6, 6.07) is 1.60. The number of carbonyl (C=O) groups excluding carboxylic acids is 1. The second-order valence-corrected chi connectivity index (χ2v) is 25.4. The van der Waals surface area contributed by atoms with E-state index in [2.05, 4.69) is 97.3 Å². The number of nitrogens with one attached hydrogen (secondary N) is 1. The molecular weight excluding hydrogens is 587 g/mol. The molecule has 2 aromatic rings. The van der Waals surface area contributed by atoms with Gasteiger partial charge >= 0.3 is 0 Å². The Morgan fingerprint density at radius 1 is 1.14 bits per heavy atom. The van der Waals surface area contributed by atoms with Crippen molar-refractivity contribution in [3.63, 3.8) is 0 Å². The zero-order chi connectivity index (χ0) is 33.2. The van der Waals surface area contributed by atoms with Gasteiger partial charge < -0.3 is 23.7 Å². The van der Waals surface area contributed by atoms with E-state index in [-0.39, 0.29) is 34.6 Å². The number of aliphatic hydroxyl groups is 1. The first-order chi connectivity index (χ1) is 20.3. The van der Waals surface area contributed by atoms with Crippen molar-refractivity contribution < 1.29 is 23.2 Å². The molecule has 1 fully saturated rings. The standard InChI is InChI=1S/C34H57N3O5Si2/c1-21(2)31(38)26-15-30(40-18-26)32(39)28-17-35-20-36-33(28)37-27-14-25(19-41-43(12,13)34(9,10)11)29(16-27)42-44(22(3)4,23(5)6)24(7)8/h15,17-18,20,22-25,27,29,31,38H,1,14,16,19H2,2-13H3,(H,35,36,37)/t25-,27-,29+,31-/m1/s1. The van der Waals surface area contributed by atoms with Crippen LogP contribution in [0.25, 0.3) is 0 Å². The number of anilines is 1. The Bertz CT molecular complexity index is 1260. The third kappa shape index (κ3) is 7.81. The van der Waals surface area contributed by atoms with Gasteiger partial charge in [-0.3, -0.25) is 4.79 Å². The van der Waals surface area contributed by atoms with Crippen LogP contribution >= 0.6 is 0 Å². The van der Waals surface area contributed by atoms with Gasteiger partial charge in [-0.15, -0.1) is 0 Å². The van der Waals surface area contributed by atoms with Crippen molar-refractivity contribution in [3.05, 3.63) is 53.9 Å². The first-order valence-electron chi connectivity index (χ1n) is 16.2. The maximum absolute atomic E-state index is 13.5. The van der Waals surface area contributed by atoms with E-state index < -0.39 is 22.7 Å². The third-order valence-electron chi connectivity index (χ3n) is 10.1. The number of carbonyl (C=O) groups is 1. The van der Waals surface area contributed by atoms with Crippen molar-refractivity contribution in [2.45, 2.75) is 135 Å². The highest BCUT2D eigenvalue weighted by Crippen LogP contribution is 2.46. The maximum Gasteiger partial charge on any atom is 0.233 e. The van der Waals surface area contributed by atoms with E-state index in [9.17, 15) is 9.90 Å². The van der Waals surface area contributed by atoms with Crippen LogP contribution < -0.4 is 5.32 Å². The molecule has 2 heterocycles. The molecule has 10 heteroatoms. The molecule has 246 valence electrons. The minimum absolute atomic E-state index is 0.0463. The van der Waals surface area contributed by atoms with Crippen LogP contribution in [0.1, 0.15) is 110 Å². The van der Waals surface area contributed by atoms with Gasteiger partial charge in [0.15, 0.2) is 14.1 Å². The van der Waals surface area contributed by atoms with E-state index in [1.165, 1.54) is 18.8 Å². The average Bonchev–Trinajstić information content (AvgIpc) is 3.56. The largest absolute Gasteiger partial charge is 0.460 e. The van der Waals surface area contributed by atoms with Gasteiger partial charge in [-0.1, -0.05) is 68.9 Å². The van der Waals surface area contributed by atoms with Gasteiger partial charge in [-0.05, 0) is 66.2 Å². The molecule has 0 saturated heterocycles. The van der Waals surface area contributed by atoms with E-state index in [1.54, 1.807) is 13.0 Å². The lowest BCUT2D eigenvalue weighted by atomic mass is 10.1. The third-order valence-corrected chi connectivity index (χ3v) is 20.7. The summed E-state index contributed by atoms with van der Waals surface area (Å²) < 4.78 is 19.7. The molecule has 0 radical (unpaired) electrons. The Hall–Kier alpha value is -2.12.